The van der Waals surface area contributed by atoms with Gasteiger partial charge in [-0.2, -0.15) is 0 Å². The van der Waals surface area contributed by atoms with Gasteiger partial charge < -0.3 is 4.74 Å². The van der Waals surface area contributed by atoms with E-state index in [1.54, 1.807) is 0 Å². The van der Waals surface area contributed by atoms with Crippen LogP contribution >= 0.6 is 11.6 Å². The Morgan fingerprint density at radius 1 is 1.33 bits per heavy atom. The molecule has 2 nitrogen and oxygen atoms in total. The normalized spacial score (nSPS) is 34.5. The van der Waals surface area contributed by atoms with Gasteiger partial charge >= 0.3 is 5.97 Å². The van der Waals surface area contributed by atoms with Crippen molar-refractivity contribution in [2.24, 2.45) is 0 Å². The minimum atomic E-state index is -0.908. The van der Waals surface area contributed by atoms with Gasteiger partial charge in [0.15, 0.2) is 10.5 Å². The Hall–Kier alpha value is -1.02. The number of hydrogen-bond acceptors (Lipinski definition) is 2. The minimum Gasteiger partial charge on any atom is -0.450 e. The van der Waals surface area contributed by atoms with E-state index in [1.807, 2.05) is 44.2 Å². The van der Waals surface area contributed by atoms with Crippen LogP contribution in [0.5, 0.6) is 0 Å². The van der Waals surface area contributed by atoms with Gasteiger partial charge in [0.05, 0.1) is 0 Å². The number of cyclic esters (lactones) is 1. The number of ether oxygens (including phenoxy) is 1. The van der Waals surface area contributed by atoms with Crippen LogP contribution in [-0.4, -0.2) is 10.8 Å². The monoisotopic (exact) mass is 224 g/mol. The highest BCUT2D eigenvalue weighted by Gasteiger charge is 2.65. The molecule has 0 radical (unpaired) electrons. The fourth-order valence-corrected chi connectivity index (χ4v) is 2.21. The summed E-state index contributed by atoms with van der Waals surface area (Å²) in [4.78, 5) is 10.5. The zero-order chi connectivity index (χ0) is 11.1. The zero-order valence-corrected chi connectivity index (χ0v) is 9.54. The van der Waals surface area contributed by atoms with Crippen LogP contribution < -0.4 is 0 Å². The smallest absolute Gasteiger partial charge is 0.332 e. The lowest BCUT2D eigenvalue weighted by atomic mass is 9.75. The third kappa shape index (κ3) is 1.21. The first-order valence-electron chi connectivity index (χ1n) is 5.02. The Morgan fingerprint density at radius 3 is 2.40 bits per heavy atom. The molecule has 0 aliphatic carbocycles. The van der Waals surface area contributed by atoms with Crippen molar-refractivity contribution in [1.29, 1.82) is 0 Å². The first-order chi connectivity index (χ1) is 7.04. The highest BCUT2D eigenvalue weighted by Crippen LogP contribution is 2.52. The zero-order valence-electron chi connectivity index (χ0n) is 8.79. The summed E-state index contributed by atoms with van der Waals surface area (Å²) >= 11 is 6.31. The van der Waals surface area contributed by atoms with Gasteiger partial charge in [0.1, 0.15) is 0 Å². The molecule has 15 heavy (non-hydrogen) atoms. The van der Waals surface area contributed by atoms with Crippen LogP contribution in [0.25, 0.3) is 0 Å². The van der Waals surface area contributed by atoms with Gasteiger partial charge in [0, 0.05) is 0 Å². The number of carbonyl (C=O) groups excluding carboxylic acids is 1. The summed E-state index contributed by atoms with van der Waals surface area (Å²) in [5.41, 5.74) is 0.253. The summed E-state index contributed by atoms with van der Waals surface area (Å²) in [5.74, 6) is -0.321. The highest BCUT2D eigenvalue weighted by atomic mass is 35.5. The molecule has 1 aliphatic rings. The molecular formula is C12H13ClO2. The summed E-state index contributed by atoms with van der Waals surface area (Å²) in [6.07, 6.45) is 0.568. The van der Waals surface area contributed by atoms with Crippen molar-refractivity contribution >= 4 is 17.6 Å². The molecule has 1 fully saturated rings. The molecule has 1 saturated heterocycles. The van der Waals surface area contributed by atoms with Gasteiger partial charge in [-0.05, 0) is 18.9 Å². The Kier molecular flexibility index (Phi) is 2.27. The van der Waals surface area contributed by atoms with E-state index in [2.05, 4.69) is 0 Å². The maximum absolute atomic E-state index is 11.4. The van der Waals surface area contributed by atoms with Crippen LogP contribution in [0.15, 0.2) is 30.3 Å². The van der Waals surface area contributed by atoms with E-state index in [-0.39, 0.29) is 5.97 Å². The van der Waals surface area contributed by atoms with Gasteiger partial charge in [0.2, 0.25) is 0 Å². The highest BCUT2D eigenvalue weighted by molar-refractivity contribution is 6.37. The quantitative estimate of drug-likeness (QED) is 0.571. The molecule has 1 heterocycles. The molecule has 3 heteroatoms. The SMILES string of the molecule is CC[C@@]1(Cl)C(=O)O[C@@]1(C)c1ccccc1. The van der Waals surface area contributed by atoms with Crippen LogP contribution in [0.4, 0.5) is 0 Å². The summed E-state index contributed by atoms with van der Waals surface area (Å²) in [7, 11) is 0. The second-order valence-corrected chi connectivity index (χ2v) is 4.59. The largest absolute Gasteiger partial charge is 0.450 e. The van der Waals surface area contributed by atoms with Gasteiger partial charge in [-0.3, -0.25) is 0 Å². The van der Waals surface area contributed by atoms with Crippen molar-refractivity contribution in [3.8, 4) is 0 Å². The predicted octanol–water partition coefficient (Wildman–Crippen LogP) is 2.85. The van der Waals surface area contributed by atoms with Gasteiger partial charge in [-0.1, -0.05) is 37.3 Å². The molecule has 0 N–H and O–H groups in total. The second kappa shape index (κ2) is 3.24. The summed E-state index contributed by atoms with van der Waals surface area (Å²) < 4.78 is 5.25. The summed E-state index contributed by atoms with van der Waals surface area (Å²) in [6, 6.07) is 9.62. The molecule has 2 rings (SSSR count). The van der Waals surface area contributed by atoms with Crippen LogP contribution in [-0.2, 0) is 15.1 Å². The molecular weight excluding hydrogens is 212 g/mol. The van der Waals surface area contributed by atoms with Crippen molar-refractivity contribution in [2.75, 3.05) is 0 Å². The van der Waals surface area contributed by atoms with Crippen molar-refractivity contribution in [3.63, 3.8) is 0 Å². The second-order valence-electron chi connectivity index (χ2n) is 3.94. The first kappa shape index (κ1) is 10.5. The number of hydrogen-bond donors (Lipinski definition) is 0. The maximum atomic E-state index is 11.4. The van der Waals surface area contributed by atoms with E-state index < -0.39 is 10.5 Å². The number of halogens is 1. The van der Waals surface area contributed by atoms with E-state index in [1.165, 1.54) is 0 Å². The lowest BCUT2D eigenvalue weighted by molar-refractivity contribution is -0.205. The predicted molar refractivity (Wildman–Crippen MR) is 58.8 cm³/mol. The average molecular weight is 225 g/mol. The summed E-state index contributed by atoms with van der Waals surface area (Å²) in [6.45, 7) is 3.76. The molecule has 0 amide bonds. The van der Waals surface area contributed by atoms with E-state index in [9.17, 15) is 4.79 Å². The molecule has 0 spiro atoms. The Morgan fingerprint density at radius 2 is 1.93 bits per heavy atom. The lowest BCUT2D eigenvalue weighted by Gasteiger charge is -2.51. The Balaban J connectivity index is 2.42. The fraction of sp³-hybridized carbons (Fsp3) is 0.417. The molecule has 0 aromatic heterocycles. The molecule has 0 saturated carbocycles. The van der Waals surface area contributed by atoms with E-state index in [4.69, 9.17) is 16.3 Å². The van der Waals surface area contributed by atoms with Gasteiger partial charge in [-0.15, -0.1) is 11.6 Å². The van der Waals surface area contributed by atoms with Crippen molar-refractivity contribution in [1.82, 2.24) is 0 Å². The first-order valence-corrected chi connectivity index (χ1v) is 5.40. The van der Waals surface area contributed by atoms with Crippen molar-refractivity contribution in [2.45, 2.75) is 30.7 Å². The minimum absolute atomic E-state index is 0.321. The topological polar surface area (TPSA) is 26.3 Å². The number of benzene rings is 1. The maximum Gasteiger partial charge on any atom is 0.332 e. The third-order valence-electron chi connectivity index (χ3n) is 3.19. The fourth-order valence-electron chi connectivity index (χ4n) is 2.02. The molecule has 2 atom stereocenters. The van der Waals surface area contributed by atoms with Gasteiger partial charge in [0.25, 0.3) is 0 Å². The number of rotatable bonds is 2. The van der Waals surface area contributed by atoms with Crippen LogP contribution in [0, 0.1) is 0 Å². The van der Waals surface area contributed by atoms with E-state index >= 15 is 0 Å². The molecule has 0 bridgehead atoms. The molecule has 80 valence electrons. The van der Waals surface area contributed by atoms with Crippen molar-refractivity contribution in [3.05, 3.63) is 35.9 Å². The van der Waals surface area contributed by atoms with Crippen LogP contribution in [0.2, 0.25) is 0 Å². The third-order valence-corrected chi connectivity index (χ3v) is 3.97. The number of carbonyl (C=O) groups is 1. The number of esters is 1. The average Bonchev–Trinajstić information content (AvgIpc) is 2.29. The van der Waals surface area contributed by atoms with E-state index in [0.717, 1.165) is 5.56 Å². The van der Waals surface area contributed by atoms with E-state index in [0.29, 0.717) is 6.42 Å². The van der Waals surface area contributed by atoms with Crippen LogP contribution in [0.3, 0.4) is 0 Å². The summed E-state index contributed by atoms with van der Waals surface area (Å²) in [5, 5.41) is 0. The molecule has 0 unspecified atom stereocenters. The van der Waals surface area contributed by atoms with Crippen molar-refractivity contribution < 1.29 is 9.53 Å². The van der Waals surface area contributed by atoms with Crippen LogP contribution in [0.1, 0.15) is 25.8 Å². The number of alkyl halides is 1. The molecule has 1 aromatic rings. The standard InChI is InChI=1S/C12H13ClO2/c1-3-12(13)10(14)15-11(12,2)9-7-5-4-6-8-9/h4-8H,3H2,1-2H3/t11-,12+/m0/s1. The Bertz CT molecular complexity index is 390. The lowest BCUT2D eigenvalue weighted by Crippen LogP contribution is -2.64. The van der Waals surface area contributed by atoms with Gasteiger partial charge in [-0.25, -0.2) is 4.79 Å². The molecule has 1 aromatic carbocycles. The molecule has 1 aliphatic heterocycles. The Labute approximate surface area is 94.2 Å².